The normalized spacial score (nSPS) is 10.7. The number of ether oxygens (including phenoxy) is 1. The van der Waals surface area contributed by atoms with Gasteiger partial charge in [0, 0.05) is 11.8 Å². The summed E-state index contributed by atoms with van der Waals surface area (Å²) >= 11 is 1.58. The quantitative estimate of drug-likeness (QED) is 0.701. The van der Waals surface area contributed by atoms with Crippen molar-refractivity contribution in [3.63, 3.8) is 0 Å². The van der Waals surface area contributed by atoms with Gasteiger partial charge < -0.3 is 14.6 Å². The minimum absolute atomic E-state index is 0.0310. The summed E-state index contributed by atoms with van der Waals surface area (Å²) in [6.07, 6.45) is 0.975. The fourth-order valence-electron chi connectivity index (χ4n) is 2.18. The van der Waals surface area contributed by atoms with E-state index in [1.54, 1.807) is 11.3 Å². The Morgan fingerprint density at radius 1 is 1.29 bits per heavy atom. The third-order valence-corrected chi connectivity index (χ3v) is 4.34. The minimum atomic E-state index is -0.193. The van der Waals surface area contributed by atoms with Gasteiger partial charge in [-0.15, -0.1) is 11.3 Å². The van der Waals surface area contributed by atoms with E-state index in [4.69, 9.17) is 9.26 Å². The number of nitrogens with zero attached hydrogens (tertiary/aromatic N) is 1. The van der Waals surface area contributed by atoms with Gasteiger partial charge in [-0.2, -0.15) is 0 Å². The molecule has 2 aromatic heterocycles. The van der Waals surface area contributed by atoms with E-state index in [9.17, 15) is 4.79 Å². The lowest BCUT2D eigenvalue weighted by molar-refractivity contribution is -0.121. The lowest BCUT2D eigenvalue weighted by Crippen LogP contribution is -2.18. The first-order valence-corrected chi connectivity index (χ1v) is 8.58. The van der Waals surface area contributed by atoms with Crippen molar-refractivity contribution >= 4 is 22.9 Å². The molecule has 124 valence electrons. The first-order valence-electron chi connectivity index (χ1n) is 7.70. The highest BCUT2D eigenvalue weighted by atomic mass is 32.1. The Bertz CT molecular complexity index is 779. The molecule has 0 unspecified atom stereocenters. The van der Waals surface area contributed by atoms with Crippen LogP contribution in [0.5, 0.6) is 0 Å². The maximum Gasteiger partial charge on any atom is 0.250 e. The van der Waals surface area contributed by atoms with Gasteiger partial charge in [-0.3, -0.25) is 4.79 Å². The number of benzene rings is 1. The summed E-state index contributed by atoms with van der Waals surface area (Å²) in [7, 11) is 0. The molecule has 1 aromatic carbocycles. The molecule has 1 N–H and O–H groups in total. The van der Waals surface area contributed by atoms with E-state index in [2.05, 4.69) is 17.4 Å². The van der Waals surface area contributed by atoms with E-state index in [0.717, 1.165) is 17.0 Å². The fourth-order valence-corrected chi connectivity index (χ4v) is 2.86. The molecule has 3 rings (SSSR count). The van der Waals surface area contributed by atoms with E-state index in [1.165, 1.54) is 5.56 Å². The first kappa shape index (κ1) is 16.4. The van der Waals surface area contributed by atoms with E-state index in [-0.39, 0.29) is 19.1 Å². The molecule has 0 aliphatic heterocycles. The molecule has 24 heavy (non-hydrogen) atoms. The van der Waals surface area contributed by atoms with Gasteiger partial charge in [-0.1, -0.05) is 30.3 Å². The molecular weight excluding hydrogens is 324 g/mol. The molecule has 0 atom stereocenters. The number of hydrogen-bond donors (Lipinski definition) is 1. The number of aromatic nitrogens is 1. The summed E-state index contributed by atoms with van der Waals surface area (Å²) in [5, 5.41) is 8.73. The highest BCUT2D eigenvalue weighted by molar-refractivity contribution is 7.13. The highest BCUT2D eigenvalue weighted by Gasteiger charge is 2.09. The van der Waals surface area contributed by atoms with Crippen LogP contribution in [0.1, 0.15) is 18.2 Å². The van der Waals surface area contributed by atoms with Gasteiger partial charge in [-0.05, 0) is 35.6 Å². The third kappa shape index (κ3) is 4.31. The van der Waals surface area contributed by atoms with Crippen LogP contribution in [0.3, 0.4) is 0 Å². The van der Waals surface area contributed by atoms with Gasteiger partial charge in [0.05, 0.1) is 11.5 Å². The van der Waals surface area contributed by atoms with Crippen molar-refractivity contribution in [2.24, 2.45) is 0 Å². The Morgan fingerprint density at radius 3 is 2.83 bits per heavy atom. The zero-order valence-corrected chi connectivity index (χ0v) is 14.1. The number of carbonyl (C=O) groups is 1. The van der Waals surface area contributed by atoms with Crippen LogP contribution in [0.25, 0.3) is 10.6 Å². The minimum Gasteiger partial charge on any atom is -0.365 e. The number of hydrogen-bond acceptors (Lipinski definition) is 5. The summed E-state index contributed by atoms with van der Waals surface area (Å²) in [4.78, 5) is 12.9. The van der Waals surface area contributed by atoms with E-state index in [0.29, 0.717) is 11.5 Å². The monoisotopic (exact) mass is 342 g/mol. The molecule has 0 bridgehead atoms. The van der Waals surface area contributed by atoms with Crippen LogP contribution in [0.15, 0.2) is 52.4 Å². The highest BCUT2D eigenvalue weighted by Crippen LogP contribution is 2.25. The Morgan fingerprint density at radius 2 is 2.12 bits per heavy atom. The van der Waals surface area contributed by atoms with Crippen LogP contribution in [-0.2, 0) is 22.6 Å². The molecular formula is C18H18N2O3S. The summed E-state index contributed by atoms with van der Waals surface area (Å²) in [6.45, 7) is 2.29. The van der Waals surface area contributed by atoms with Crippen molar-refractivity contribution in [3.8, 4) is 10.6 Å². The third-order valence-electron chi connectivity index (χ3n) is 3.45. The van der Waals surface area contributed by atoms with Gasteiger partial charge in [0.15, 0.2) is 5.76 Å². The van der Waals surface area contributed by atoms with Crippen molar-refractivity contribution < 1.29 is 14.1 Å². The van der Waals surface area contributed by atoms with E-state index < -0.39 is 0 Å². The number of anilines is 1. The Balaban J connectivity index is 1.45. The lowest BCUT2D eigenvalue weighted by atomic mass is 10.1. The largest absolute Gasteiger partial charge is 0.365 e. The Labute approximate surface area is 144 Å². The van der Waals surface area contributed by atoms with Gasteiger partial charge in [0.2, 0.25) is 5.91 Å². The summed E-state index contributed by atoms with van der Waals surface area (Å²) in [5.74, 6) is 0.519. The second-order valence-corrected chi connectivity index (χ2v) is 6.20. The maximum absolute atomic E-state index is 11.9. The van der Waals surface area contributed by atoms with Crippen molar-refractivity contribution in [2.45, 2.75) is 20.0 Å². The summed E-state index contributed by atoms with van der Waals surface area (Å²) < 4.78 is 10.7. The van der Waals surface area contributed by atoms with Gasteiger partial charge >= 0.3 is 0 Å². The smallest absolute Gasteiger partial charge is 0.250 e. The van der Waals surface area contributed by atoms with Gasteiger partial charge in [0.1, 0.15) is 12.3 Å². The van der Waals surface area contributed by atoms with Gasteiger partial charge in [-0.25, -0.2) is 0 Å². The Hall–Kier alpha value is -2.44. The van der Waals surface area contributed by atoms with Crippen LogP contribution in [0.2, 0.25) is 0 Å². The van der Waals surface area contributed by atoms with Crippen molar-refractivity contribution in [1.82, 2.24) is 5.16 Å². The molecule has 5 nitrogen and oxygen atoms in total. The van der Waals surface area contributed by atoms with E-state index in [1.807, 2.05) is 47.8 Å². The number of carbonyl (C=O) groups excluding carboxylic acids is 1. The Kier molecular flexibility index (Phi) is 5.40. The zero-order valence-electron chi connectivity index (χ0n) is 13.3. The van der Waals surface area contributed by atoms with Crippen LogP contribution in [0.4, 0.5) is 5.69 Å². The lowest BCUT2D eigenvalue weighted by Gasteiger charge is -2.06. The molecule has 1 amide bonds. The number of rotatable bonds is 7. The van der Waals surface area contributed by atoms with Crippen LogP contribution >= 0.6 is 11.3 Å². The predicted molar refractivity (Wildman–Crippen MR) is 93.9 cm³/mol. The van der Waals surface area contributed by atoms with E-state index >= 15 is 0 Å². The number of amides is 1. The number of thiophene rings is 1. The average Bonchev–Trinajstić information content (AvgIpc) is 3.27. The fraction of sp³-hybridized carbons (Fsp3) is 0.222. The van der Waals surface area contributed by atoms with Crippen molar-refractivity contribution in [2.75, 3.05) is 11.9 Å². The SMILES string of the molecule is CCc1ccc(NC(=O)COCc2cc(-c3cccs3)on2)cc1. The van der Waals surface area contributed by atoms with Crippen molar-refractivity contribution in [1.29, 1.82) is 0 Å². The molecule has 0 aliphatic carbocycles. The van der Waals surface area contributed by atoms with Crippen molar-refractivity contribution in [3.05, 3.63) is 59.1 Å². The average molecular weight is 342 g/mol. The van der Waals surface area contributed by atoms with Crippen LogP contribution in [-0.4, -0.2) is 17.7 Å². The molecule has 6 heteroatoms. The molecule has 3 aromatic rings. The molecule has 0 aliphatic rings. The molecule has 0 saturated heterocycles. The topological polar surface area (TPSA) is 64.4 Å². The molecule has 2 heterocycles. The molecule has 0 radical (unpaired) electrons. The van der Waals surface area contributed by atoms with Gasteiger partial charge in [0.25, 0.3) is 0 Å². The predicted octanol–water partition coefficient (Wildman–Crippen LogP) is 4.12. The van der Waals surface area contributed by atoms with Crippen LogP contribution in [0, 0.1) is 0 Å². The summed E-state index contributed by atoms with van der Waals surface area (Å²) in [5.41, 5.74) is 2.66. The second-order valence-electron chi connectivity index (χ2n) is 5.25. The number of aryl methyl sites for hydroxylation is 1. The summed E-state index contributed by atoms with van der Waals surface area (Å²) in [6, 6.07) is 13.5. The zero-order chi connectivity index (χ0) is 16.8. The molecule has 0 fully saturated rings. The number of nitrogens with one attached hydrogen (secondary N) is 1. The molecule has 0 spiro atoms. The second kappa shape index (κ2) is 7.90. The van der Waals surface area contributed by atoms with Crippen LogP contribution < -0.4 is 5.32 Å². The standard InChI is InChI=1S/C18H18N2O3S/c1-2-13-5-7-14(8-6-13)19-18(21)12-22-11-15-10-16(23-20-15)17-4-3-9-24-17/h3-10H,2,11-12H2,1H3,(H,19,21). The maximum atomic E-state index is 11.9. The molecule has 0 saturated carbocycles. The first-order chi connectivity index (χ1) is 11.7.